The van der Waals surface area contributed by atoms with Crippen LogP contribution in [0.3, 0.4) is 0 Å². The van der Waals surface area contributed by atoms with Crippen LogP contribution in [-0.4, -0.2) is 19.7 Å². The summed E-state index contributed by atoms with van der Waals surface area (Å²) < 4.78 is 2.87. The van der Waals surface area contributed by atoms with E-state index in [4.69, 9.17) is 5.73 Å². The van der Waals surface area contributed by atoms with Crippen LogP contribution in [0.15, 0.2) is 47.3 Å². The highest BCUT2D eigenvalue weighted by atomic mass is 79.9. The Labute approximate surface area is 131 Å². The molecule has 0 bridgehead atoms. The van der Waals surface area contributed by atoms with Gasteiger partial charge in [0.15, 0.2) is 0 Å². The maximum Gasteiger partial charge on any atom is 0.135 e. The van der Waals surface area contributed by atoms with Crippen LogP contribution in [0.25, 0.3) is 11.4 Å². The molecule has 0 aliphatic heterocycles. The van der Waals surface area contributed by atoms with Crippen molar-refractivity contribution >= 4 is 21.6 Å². The van der Waals surface area contributed by atoms with E-state index in [9.17, 15) is 0 Å². The van der Waals surface area contributed by atoms with Gasteiger partial charge < -0.3 is 5.73 Å². The Morgan fingerprint density at radius 2 is 2.00 bits per heavy atom. The van der Waals surface area contributed by atoms with E-state index in [0.717, 1.165) is 21.4 Å². The van der Waals surface area contributed by atoms with Crippen molar-refractivity contribution in [2.24, 2.45) is 0 Å². The molecule has 0 radical (unpaired) electrons. The molecular weight excluding hydrogens is 330 g/mol. The predicted octanol–water partition coefficient (Wildman–Crippen LogP) is 3.04. The van der Waals surface area contributed by atoms with Crippen LogP contribution in [0.5, 0.6) is 0 Å². The Morgan fingerprint density at radius 3 is 2.76 bits per heavy atom. The maximum atomic E-state index is 6.07. The SMILES string of the molecule is Cc1nccnc1-c1nn(Cc2cccc(Br)c2)cc1N. The lowest BCUT2D eigenvalue weighted by atomic mass is 10.2. The monoisotopic (exact) mass is 343 g/mol. The molecule has 106 valence electrons. The third-order valence-electron chi connectivity index (χ3n) is 3.13. The number of hydrogen-bond donors (Lipinski definition) is 1. The van der Waals surface area contributed by atoms with Gasteiger partial charge in [-0.05, 0) is 24.6 Å². The van der Waals surface area contributed by atoms with Gasteiger partial charge in [0.1, 0.15) is 11.4 Å². The van der Waals surface area contributed by atoms with Gasteiger partial charge in [-0.25, -0.2) is 0 Å². The van der Waals surface area contributed by atoms with E-state index in [-0.39, 0.29) is 0 Å². The molecular formula is C15H14BrN5. The Morgan fingerprint density at radius 1 is 1.19 bits per heavy atom. The van der Waals surface area contributed by atoms with Crippen molar-refractivity contribution < 1.29 is 0 Å². The molecule has 2 aromatic heterocycles. The Hall–Kier alpha value is -2.21. The van der Waals surface area contributed by atoms with Crippen LogP contribution in [-0.2, 0) is 6.54 Å². The molecule has 0 amide bonds. The largest absolute Gasteiger partial charge is 0.396 e. The third kappa shape index (κ3) is 2.95. The zero-order valence-corrected chi connectivity index (χ0v) is 13.1. The third-order valence-corrected chi connectivity index (χ3v) is 3.62. The van der Waals surface area contributed by atoms with Gasteiger partial charge in [0.25, 0.3) is 0 Å². The van der Waals surface area contributed by atoms with Crippen LogP contribution in [0, 0.1) is 6.92 Å². The molecule has 2 N–H and O–H groups in total. The lowest BCUT2D eigenvalue weighted by molar-refractivity contribution is 0.688. The second-order valence-corrected chi connectivity index (χ2v) is 5.67. The van der Waals surface area contributed by atoms with Crippen LogP contribution in [0.2, 0.25) is 0 Å². The smallest absolute Gasteiger partial charge is 0.135 e. The molecule has 0 saturated heterocycles. The fraction of sp³-hybridized carbons (Fsp3) is 0.133. The van der Waals surface area contributed by atoms with Gasteiger partial charge in [0, 0.05) is 23.1 Å². The minimum atomic E-state index is 0.605. The normalized spacial score (nSPS) is 10.8. The predicted molar refractivity (Wildman–Crippen MR) is 85.6 cm³/mol. The number of anilines is 1. The van der Waals surface area contributed by atoms with Crippen molar-refractivity contribution in [1.29, 1.82) is 0 Å². The summed E-state index contributed by atoms with van der Waals surface area (Å²) in [7, 11) is 0. The van der Waals surface area contributed by atoms with Crippen LogP contribution >= 0.6 is 15.9 Å². The minimum Gasteiger partial charge on any atom is -0.396 e. The quantitative estimate of drug-likeness (QED) is 0.793. The zero-order valence-electron chi connectivity index (χ0n) is 11.5. The summed E-state index contributed by atoms with van der Waals surface area (Å²) in [6.07, 6.45) is 5.13. The lowest BCUT2D eigenvalue weighted by Crippen LogP contribution is -2.01. The maximum absolute atomic E-state index is 6.07. The van der Waals surface area contributed by atoms with E-state index in [1.165, 1.54) is 0 Å². The first-order valence-corrected chi connectivity index (χ1v) is 7.28. The molecule has 21 heavy (non-hydrogen) atoms. The fourth-order valence-electron chi connectivity index (χ4n) is 2.16. The summed E-state index contributed by atoms with van der Waals surface area (Å²) in [6, 6.07) is 8.11. The van der Waals surface area contributed by atoms with Crippen molar-refractivity contribution in [3.05, 3.63) is 58.6 Å². The van der Waals surface area contributed by atoms with Crippen molar-refractivity contribution in [3.63, 3.8) is 0 Å². The lowest BCUT2D eigenvalue weighted by Gasteiger charge is -2.03. The van der Waals surface area contributed by atoms with Gasteiger partial charge in [-0.3, -0.25) is 14.6 Å². The van der Waals surface area contributed by atoms with Gasteiger partial charge in [0.05, 0.1) is 17.9 Å². The Bertz CT molecular complexity index is 781. The molecule has 3 aromatic rings. The number of nitrogen functional groups attached to an aromatic ring is 1. The zero-order chi connectivity index (χ0) is 14.8. The Balaban J connectivity index is 1.93. The van der Waals surface area contributed by atoms with Crippen LogP contribution in [0.1, 0.15) is 11.3 Å². The van der Waals surface area contributed by atoms with E-state index >= 15 is 0 Å². The highest BCUT2D eigenvalue weighted by Gasteiger charge is 2.13. The summed E-state index contributed by atoms with van der Waals surface area (Å²) >= 11 is 3.47. The molecule has 0 saturated carbocycles. The number of rotatable bonds is 3. The number of nitrogens with two attached hydrogens (primary N) is 1. The van der Waals surface area contributed by atoms with Gasteiger partial charge in [-0.1, -0.05) is 28.1 Å². The Kier molecular flexibility index (Phi) is 3.70. The molecule has 0 unspecified atom stereocenters. The van der Waals surface area contributed by atoms with Crippen molar-refractivity contribution in [2.75, 3.05) is 5.73 Å². The first-order valence-electron chi connectivity index (χ1n) is 6.49. The molecule has 6 heteroatoms. The second-order valence-electron chi connectivity index (χ2n) is 4.75. The van der Waals surface area contributed by atoms with Crippen molar-refractivity contribution in [2.45, 2.75) is 13.5 Å². The number of aromatic nitrogens is 4. The van der Waals surface area contributed by atoms with Crippen LogP contribution in [0.4, 0.5) is 5.69 Å². The molecule has 0 spiro atoms. The van der Waals surface area contributed by atoms with Gasteiger partial charge in [0.2, 0.25) is 0 Å². The molecule has 0 aliphatic carbocycles. The van der Waals surface area contributed by atoms with Gasteiger partial charge in [-0.2, -0.15) is 5.10 Å². The van der Waals surface area contributed by atoms with Gasteiger partial charge >= 0.3 is 0 Å². The molecule has 3 rings (SSSR count). The average Bonchev–Trinajstić information content (AvgIpc) is 2.80. The van der Waals surface area contributed by atoms with E-state index in [1.54, 1.807) is 12.4 Å². The number of benzene rings is 1. The summed E-state index contributed by atoms with van der Waals surface area (Å²) in [5, 5.41) is 4.54. The molecule has 2 heterocycles. The molecule has 1 aromatic carbocycles. The summed E-state index contributed by atoms with van der Waals surface area (Å²) in [6.45, 7) is 2.55. The highest BCUT2D eigenvalue weighted by molar-refractivity contribution is 9.10. The fourth-order valence-corrected chi connectivity index (χ4v) is 2.61. The van der Waals surface area contributed by atoms with Crippen LogP contribution < -0.4 is 5.73 Å². The standard InChI is InChI=1S/C15H14BrN5/c1-10-14(19-6-5-18-10)15-13(17)9-21(20-15)8-11-3-2-4-12(16)7-11/h2-7,9H,8,17H2,1H3. The molecule has 0 fully saturated rings. The second kappa shape index (κ2) is 5.65. The summed E-state index contributed by atoms with van der Waals surface area (Å²) in [4.78, 5) is 8.55. The number of halogens is 1. The topological polar surface area (TPSA) is 69.6 Å². The molecule has 0 atom stereocenters. The number of aryl methyl sites for hydroxylation is 1. The van der Waals surface area contributed by atoms with Crippen molar-refractivity contribution in [1.82, 2.24) is 19.7 Å². The highest BCUT2D eigenvalue weighted by Crippen LogP contribution is 2.24. The first-order chi connectivity index (χ1) is 10.1. The molecule has 5 nitrogen and oxygen atoms in total. The number of hydrogen-bond acceptors (Lipinski definition) is 4. The van der Waals surface area contributed by atoms with Gasteiger partial charge in [-0.15, -0.1) is 0 Å². The summed E-state index contributed by atoms with van der Waals surface area (Å²) in [5.41, 5.74) is 10.0. The van der Waals surface area contributed by atoms with E-state index in [2.05, 4.69) is 43.1 Å². The van der Waals surface area contributed by atoms with E-state index in [1.807, 2.05) is 29.9 Å². The van der Waals surface area contributed by atoms with E-state index < -0.39 is 0 Å². The number of nitrogens with zero attached hydrogens (tertiary/aromatic N) is 4. The van der Waals surface area contributed by atoms with Crippen molar-refractivity contribution in [3.8, 4) is 11.4 Å². The summed E-state index contributed by atoms with van der Waals surface area (Å²) in [5.74, 6) is 0. The minimum absolute atomic E-state index is 0.605. The van der Waals surface area contributed by atoms with E-state index in [0.29, 0.717) is 17.9 Å². The first kappa shape index (κ1) is 13.8. The average molecular weight is 344 g/mol. The molecule has 0 aliphatic rings.